The molecule has 2 nitrogen and oxygen atoms in total. The highest BCUT2D eigenvalue weighted by molar-refractivity contribution is 9.11. The van der Waals surface area contributed by atoms with Gasteiger partial charge in [0.05, 0.1) is 8.66 Å². The van der Waals surface area contributed by atoms with E-state index in [9.17, 15) is 0 Å². The van der Waals surface area contributed by atoms with Crippen LogP contribution in [0.5, 0.6) is 0 Å². The van der Waals surface area contributed by atoms with Crippen molar-refractivity contribution in [2.75, 3.05) is 0 Å². The number of hydrogen-bond acceptors (Lipinski definition) is 3. The molecule has 2 aromatic heterocycles. The van der Waals surface area contributed by atoms with Crippen molar-refractivity contribution < 1.29 is 4.52 Å². The first kappa shape index (κ1) is 7.06. The van der Waals surface area contributed by atoms with E-state index in [1.165, 1.54) is 0 Å². The summed E-state index contributed by atoms with van der Waals surface area (Å²) in [5.41, 5.74) is 0.890. The lowest BCUT2D eigenvalue weighted by molar-refractivity contribution is 0.422. The van der Waals surface area contributed by atoms with Crippen molar-refractivity contribution in [2.24, 2.45) is 0 Å². The Morgan fingerprint density at radius 3 is 2.82 bits per heavy atom. The fourth-order valence-corrected chi connectivity index (χ4v) is 2.14. The number of thiophene rings is 1. The topological polar surface area (TPSA) is 26.0 Å². The van der Waals surface area contributed by atoms with Crippen molar-refractivity contribution in [3.8, 4) is 10.6 Å². The van der Waals surface area contributed by atoms with Gasteiger partial charge in [-0.1, -0.05) is 5.16 Å². The average Bonchev–Trinajstić information content (AvgIpc) is 2.55. The van der Waals surface area contributed by atoms with Gasteiger partial charge in [-0.2, -0.15) is 0 Å². The smallest absolute Gasteiger partial charge is 0.124 e. The van der Waals surface area contributed by atoms with E-state index in [4.69, 9.17) is 4.52 Å². The third-order valence-corrected chi connectivity index (χ3v) is 2.91. The van der Waals surface area contributed by atoms with Gasteiger partial charge in [0.25, 0.3) is 0 Å². The molecular weight excluding hydrogens is 226 g/mol. The predicted molar refractivity (Wildman–Crippen MR) is 47.5 cm³/mol. The molecule has 0 bridgehead atoms. The summed E-state index contributed by atoms with van der Waals surface area (Å²) < 4.78 is 5.83. The summed E-state index contributed by atoms with van der Waals surface area (Å²) in [6.45, 7) is 0. The fraction of sp³-hybridized carbons (Fsp3) is 0. The monoisotopic (exact) mass is 229 g/mol. The van der Waals surface area contributed by atoms with E-state index in [0.717, 1.165) is 14.4 Å². The lowest BCUT2D eigenvalue weighted by Crippen LogP contribution is -1.65. The van der Waals surface area contributed by atoms with Crippen LogP contribution in [0.4, 0.5) is 0 Å². The van der Waals surface area contributed by atoms with E-state index in [2.05, 4.69) is 21.1 Å². The molecule has 4 heteroatoms. The number of rotatable bonds is 1. The SMILES string of the molecule is Brc1ccc(-c2ccon2)s1. The lowest BCUT2D eigenvalue weighted by Gasteiger charge is -1.82. The van der Waals surface area contributed by atoms with Crippen LogP contribution >= 0.6 is 27.3 Å². The van der Waals surface area contributed by atoms with Crippen LogP contribution in [0.2, 0.25) is 0 Å². The molecule has 0 unspecified atom stereocenters. The summed E-state index contributed by atoms with van der Waals surface area (Å²) in [4.78, 5) is 1.12. The summed E-state index contributed by atoms with van der Waals surface area (Å²) in [5.74, 6) is 0. The molecule has 0 fully saturated rings. The number of aromatic nitrogens is 1. The molecule has 0 aromatic carbocycles. The van der Waals surface area contributed by atoms with E-state index in [0.29, 0.717) is 0 Å². The molecule has 2 rings (SSSR count). The van der Waals surface area contributed by atoms with Crippen LogP contribution in [0.15, 0.2) is 32.8 Å². The molecule has 0 radical (unpaired) electrons. The van der Waals surface area contributed by atoms with E-state index in [-0.39, 0.29) is 0 Å². The molecule has 0 aliphatic heterocycles. The van der Waals surface area contributed by atoms with Gasteiger partial charge in [0.2, 0.25) is 0 Å². The highest BCUT2D eigenvalue weighted by atomic mass is 79.9. The highest BCUT2D eigenvalue weighted by Crippen LogP contribution is 2.29. The molecule has 0 saturated carbocycles. The maximum absolute atomic E-state index is 4.72. The zero-order chi connectivity index (χ0) is 7.68. The largest absolute Gasteiger partial charge is 0.364 e. The Bertz CT molecular complexity index is 341. The van der Waals surface area contributed by atoms with Crippen molar-refractivity contribution in [2.45, 2.75) is 0 Å². The van der Waals surface area contributed by atoms with Gasteiger partial charge in [-0.3, -0.25) is 0 Å². The van der Waals surface area contributed by atoms with Crippen molar-refractivity contribution in [3.05, 3.63) is 28.2 Å². The van der Waals surface area contributed by atoms with Crippen LogP contribution in [0.25, 0.3) is 10.6 Å². The molecule has 2 heterocycles. The van der Waals surface area contributed by atoms with Gasteiger partial charge < -0.3 is 4.52 Å². The Morgan fingerprint density at radius 1 is 1.36 bits per heavy atom. The summed E-state index contributed by atoms with van der Waals surface area (Å²) >= 11 is 5.02. The molecule has 0 atom stereocenters. The summed E-state index contributed by atoms with van der Waals surface area (Å²) in [7, 11) is 0. The van der Waals surface area contributed by atoms with E-state index in [1.54, 1.807) is 17.6 Å². The highest BCUT2D eigenvalue weighted by Gasteiger charge is 2.02. The molecule has 0 saturated heterocycles. The Hall–Kier alpha value is -0.610. The maximum Gasteiger partial charge on any atom is 0.124 e. The molecule has 11 heavy (non-hydrogen) atoms. The lowest BCUT2D eigenvalue weighted by atomic mass is 10.4. The average molecular weight is 230 g/mol. The van der Waals surface area contributed by atoms with Crippen LogP contribution in [-0.4, -0.2) is 5.16 Å². The normalized spacial score (nSPS) is 10.3. The molecule has 2 aromatic rings. The number of hydrogen-bond donors (Lipinski definition) is 0. The molecular formula is C7H4BrNOS. The minimum atomic E-state index is 0.890. The summed E-state index contributed by atoms with van der Waals surface area (Å²) in [5, 5.41) is 3.81. The Morgan fingerprint density at radius 2 is 2.27 bits per heavy atom. The third-order valence-electron chi connectivity index (χ3n) is 1.26. The van der Waals surface area contributed by atoms with Crippen molar-refractivity contribution in [1.82, 2.24) is 5.16 Å². The van der Waals surface area contributed by atoms with Crippen LogP contribution in [0.1, 0.15) is 0 Å². The Labute approximate surface area is 76.0 Å². The zero-order valence-electron chi connectivity index (χ0n) is 5.45. The molecule has 0 amide bonds. The molecule has 0 spiro atoms. The molecule has 0 N–H and O–H groups in total. The first-order valence-corrected chi connectivity index (χ1v) is 4.63. The van der Waals surface area contributed by atoms with Crippen LogP contribution in [0, 0.1) is 0 Å². The summed E-state index contributed by atoms with van der Waals surface area (Å²) in [6.07, 6.45) is 1.57. The zero-order valence-corrected chi connectivity index (χ0v) is 7.85. The second kappa shape index (κ2) is 2.79. The van der Waals surface area contributed by atoms with Gasteiger partial charge in [-0.05, 0) is 28.1 Å². The maximum atomic E-state index is 4.72. The minimum absolute atomic E-state index is 0.890. The minimum Gasteiger partial charge on any atom is -0.364 e. The second-order valence-electron chi connectivity index (χ2n) is 1.99. The fourth-order valence-electron chi connectivity index (χ4n) is 0.792. The van der Waals surface area contributed by atoms with Gasteiger partial charge in [0.1, 0.15) is 12.0 Å². The molecule has 56 valence electrons. The van der Waals surface area contributed by atoms with Crippen LogP contribution in [-0.2, 0) is 0 Å². The first-order valence-electron chi connectivity index (χ1n) is 3.02. The standard InChI is InChI=1S/C7H4BrNOS/c8-7-2-1-6(11-7)5-3-4-10-9-5/h1-4H. The second-order valence-corrected chi connectivity index (χ2v) is 4.45. The van der Waals surface area contributed by atoms with Gasteiger partial charge in [-0.25, -0.2) is 0 Å². The quantitative estimate of drug-likeness (QED) is 0.751. The molecule has 0 aliphatic rings. The Balaban J connectivity index is 2.45. The number of nitrogens with zero attached hydrogens (tertiary/aromatic N) is 1. The predicted octanol–water partition coefficient (Wildman–Crippen LogP) is 3.17. The van der Waals surface area contributed by atoms with Crippen molar-refractivity contribution in [1.29, 1.82) is 0 Å². The Kier molecular flexibility index (Phi) is 1.79. The van der Waals surface area contributed by atoms with Crippen molar-refractivity contribution in [3.63, 3.8) is 0 Å². The van der Waals surface area contributed by atoms with E-state index in [1.807, 2.05) is 18.2 Å². The summed E-state index contributed by atoms with van der Waals surface area (Å²) in [6, 6.07) is 5.85. The van der Waals surface area contributed by atoms with Crippen LogP contribution in [0.3, 0.4) is 0 Å². The molecule has 0 aliphatic carbocycles. The van der Waals surface area contributed by atoms with Gasteiger partial charge in [0.15, 0.2) is 0 Å². The van der Waals surface area contributed by atoms with E-state index < -0.39 is 0 Å². The number of halogens is 1. The van der Waals surface area contributed by atoms with Gasteiger partial charge >= 0.3 is 0 Å². The van der Waals surface area contributed by atoms with Gasteiger partial charge in [0, 0.05) is 6.07 Å². The van der Waals surface area contributed by atoms with Crippen molar-refractivity contribution >= 4 is 27.3 Å². The first-order chi connectivity index (χ1) is 5.36. The van der Waals surface area contributed by atoms with Crippen LogP contribution < -0.4 is 0 Å². The van der Waals surface area contributed by atoms with Gasteiger partial charge in [-0.15, -0.1) is 11.3 Å². The van der Waals surface area contributed by atoms with E-state index >= 15 is 0 Å². The third kappa shape index (κ3) is 1.36.